The van der Waals surface area contributed by atoms with E-state index in [-0.39, 0.29) is 0 Å². The van der Waals surface area contributed by atoms with Crippen molar-refractivity contribution in [3.63, 3.8) is 0 Å². The molecule has 5 rings (SSSR count). The zero-order chi connectivity index (χ0) is 21.9. The second-order valence-corrected chi connectivity index (χ2v) is 7.01. The molecule has 0 amide bonds. The minimum atomic E-state index is 0.413. The van der Waals surface area contributed by atoms with Crippen LogP contribution in [0, 0.1) is 22.7 Å². The van der Waals surface area contributed by atoms with Gasteiger partial charge in [-0.15, -0.1) is 0 Å². The molecule has 3 aromatic heterocycles. The molecule has 0 aliphatic heterocycles. The monoisotopic (exact) mass is 413 g/mol. The normalized spacial score (nSPS) is 10.4. The molecule has 3 heterocycles. The fourth-order valence-electron chi connectivity index (χ4n) is 3.60. The number of benzene rings is 2. The maximum Gasteiger partial charge on any atom is 0.111 e. The van der Waals surface area contributed by atoms with Gasteiger partial charge in [0.1, 0.15) is 46.0 Å². The summed E-state index contributed by atoms with van der Waals surface area (Å²) in [5.74, 6) is 0. The van der Waals surface area contributed by atoms with Crippen molar-refractivity contribution >= 4 is 0 Å². The van der Waals surface area contributed by atoms with Gasteiger partial charge in [-0.25, -0.2) is 4.98 Å². The number of hydrogen-bond acceptors (Lipinski definition) is 5. The summed E-state index contributed by atoms with van der Waals surface area (Å²) in [7, 11) is 0. The van der Waals surface area contributed by atoms with Crippen LogP contribution < -0.4 is 0 Å². The summed E-state index contributed by atoms with van der Waals surface area (Å²) in [6, 6.07) is 28.9. The van der Waals surface area contributed by atoms with Crippen molar-refractivity contribution < 1.29 is 0 Å². The number of hydrogen-bond donors (Lipinski definition) is 2. The van der Waals surface area contributed by atoms with Crippen molar-refractivity contribution in [2.24, 2.45) is 0 Å². The number of pyridine rings is 1. The van der Waals surface area contributed by atoms with Crippen LogP contribution in [0.3, 0.4) is 0 Å². The van der Waals surface area contributed by atoms with Gasteiger partial charge in [0.05, 0.1) is 11.4 Å². The Hall–Kier alpha value is -5.01. The largest absolute Gasteiger partial charge is 0.274 e. The zero-order valence-electron chi connectivity index (χ0n) is 16.7. The molecular weight excluding hydrogens is 398 g/mol. The molecule has 150 valence electrons. The minimum absolute atomic E-state index is 0.413. The molecule has 2 N–H and O–H groups in total. The quantitative estimate of drug-likeness (QED) is 0.433. The van der Waals surface area contributed by atoms with E-state index in [0.29, 0.717) is 45.3 Å². The van der Waals surface area contributed by atoms with Gasteiger partial charge in [-0.05, 0) is 12.1 Å². The lowest BCUT2D eigenvalue weighted by molar-refractivity contribution is 1.08. The Morgan fingerprint density at radius 1 is 0.562 bits per heavy atom. The Labute approximate surface area is 183 Å². The standard InChI is InChI=1S/C25H15N7/c26-14-18-22(16-8-3-1-4-9-16)29-31-24(18)20-12-7-13-21(28-20)25-19(15-27)23(30-32-25)17-10-5-2-6-11-17/h1-13H,(H,29,31)(H,30,32). The highest BCUT2D eigenvalue weighted by atomic mass is 15.1. The van der Waals surface area contributed by atoms with E-state index < -0.39 is 0 Å². The van der Waals surface area contributed by atoms with Crippen LogP contribution in [0.15, 0.2) is 78.9 Å². The van der Waals surface area contributed by atoms with E-state index in [1.165, 1.54) is 0 Å². The molecule has 0 aliphatic carbocycles. The molecule has 0 spiro atoms. The van der Waals surface area contributed by atoms with E-state index in [4.69, 9.17) is 4.98 Å². The van der Waals surface area contributed by atoms with Crippen LogP contribution in [-0.4, -0.2) is 25.4 Å². The Bertz CT molecular complexity index is 1370. The van der Waals surface area contributed by atoms with E-state index in [0.717, 1.165) is 11.1 Å². The number of aromatic nitrogens is 5. The van der Waals surface area contributed by atoms with Crippen LogP contribution >= 0.6 is 0 Å². The first kappa shape index (κ1) is 19.0. The van der Waals surface area contributed by atoms with Gasteiger partial charge < -0.3 is 0 Å². The van der Waals surface area contributed by atoms with Gasteiger partial charge in [0.2, 0.25) is 0 Å². The second kappa shape index (κ2) is 8.02. The zero-order valence-corrected chi connectivity index (χ0v) is 16.7. The fraction of sp³-hybridized carbons (Fsp3) is 0. The smallest absolute Gasteiger partial charge is 0.111 e. The van der Waals surface area contributed by atoms with Crippen LogP contribution in [-0.2, 0) is 0 Å². The molecule has 2 aromatic carbocycles. The van der Waals surface area contributed by atoms with Crippen molar-refractivity contribution in [3.05, 3.63) is 90.0 Å². The van der Waals surface area contributed by atoms with Crippen molar-refractivity contribution in [2.45, 2.75) is 0 Å². The molecule has 0 radical (unpaired) electrons. The molecule has 0 atom stereocenters. The summed E-state index contributed by atoms with van der Waals surface area (Å²) in [4.78, 5) is 4.70. The first-order valence-corrected chi connectivity index (χ1v) is 9.85. The number of H-pyrrole nitrogens is 2. The number of aromatic amines is 2. The van der Waals surface area contributed by atoms with Gasteiger partial charge in [-0.1, -0.05) is 66.7 Å². The van der Waals surface area contributed by atoms with Gasteiger partial charge in [-0.3, -0.25) is 10.2 Å². The second-order valence-electron chi connectivity index (χ2n) is 7.01. The minimum Gasteiger partial charge on any atom is -0.274 e. The van der Waals surface area contributed by atoms with E-state index in [1.54, 1.807) is 12.1 Å². The van der Waals surface area contributed by atoms with E-state index in [2.05, 4.69) is 32.5 Å². The Balaban J connectivity index is 1.60. The molecular formula is C25H15N7. The van der Waals surface area contributed by atoms with Gasteiger partial charge >= 0.3 is 0 Å². The summed E-state index contributed by atoms with van der Waals surface area (Å²) in [6.07, 6.45) is 0. The van der Waals surface area contributed by atoms with Gasteiger partial charge in [0, 0.05) is 11.1 Å². The van der Waals surface area contributed by atoms with Crippen molar-refractivity contribution in [2.75, 3.05) is 0 Å². The lowest BCUT2D eigenvalue weighted by atomic mass is 10.0. The molecule has 0 saturated heterocycles. The average molecular weight is 413 g/mol. The lowest BCUT2D eigenvalue weighted by Gasteiger charge is -2.03. The molecule has 0 aliphatic rings. The number of nitriles is 2. The molecule has 7 heteroatoms. The summed E-state index contributed by atoms with van der Waals surface area (Å²) in [5.41, 5.74) is 5.80. The maximum absolute atomic E-state index is 9.81. The number of rotatable bonds is 4. The van der Waals surface area contributed by atoms with Crippen LogP contribution in [0.4, 0.5) is 0 Å². The predicted molar refractivity (Wildman–Crippen MR) is 120 cm³/mol. The van der Waals surface area contributed by atoms with Gasteiger partial charge in [0.15, 0.2) is 0 Å². The SMILES string of the molecule is N#Cc1c(-c2ccccc2)n[nH]c1-c1cccc(-c2[nH]nc(-c3ccccc3)c2C#N)n1. The van der Waals surface area contributed by atoms with Gasteiger partial charge in [0.25, 0.3) is 0 Å². The molecule has 5 aromatic rings. The van der Waals surface area contributed by atoms with E-state index >= 15 is 0 Å². The van der Waals surface area contributed by atoms with Crippen LogP contribution in [0.5, 0.6) is 0 Å². The average Bonchev–Trinajstić information content (AvgIpc) is 3.49. The van der Waals surface area contributed by atoms with Crippen LogP contribution in [0.2, 0.25) is 0 Å². The topological polar surface area (TPSA) is 118 Å². The number of nitrogens with zero attached hydrogens (tertiary/aromatic N) is 5. The summed E-state index contributed by atoms with van der Waals surface area (Å²) < 4.78 is 0. The molecule has 0 fully saturated rings. The third-order valence-electron chi connectivity index (χ3n) is 5.11. The van der Waals surface area contributed by atoms with Crippen molar-refractivity contribution in [1.29, 1.82) is 10.5 Å². The fourth-order valence-corrected chi connectivity index (χ4v) is 3.60. The predicted octanol–water partition coefficient (Wildman–Crippen LogP) is 4.94. The Morgan fingerprint density at radius 2 is 1.00 bits per heavy atom. The number of nitrogens with one attached hydrogen (secondary N) is 2. The highest BCUT2D eigenvalue weighted by Gasteiger charge is 2.20. The summed E-state index contributed by atoms with van der Waals surface area (Å²) in [6.45, 7) is 0. The molecule has 7 nitrogen and oxygen atoms in total. The summed E-state index contributed by atoms with van der Waals surface area (Å²) >= 11 is 0. The van der Waals surface area contributed by atoms with E-state index in [1.807, 2.05) is 66.7 Å². The highest BCUT2D eigenvalue weighted by molar-refractivity contribution is 5.79. The van der Waals surface area contributed by atoms with Gasteiger partial charge in [-0.2, -0.15) is 20.7 Å². The molecule has 0 saturated carbocycles. The van der Waals surface area contributed by atoms with Crippen molar-refractivity contribution in [3.8, 4) is 57.4 Å². The first-order valence-electron chi connectivity index (χ1n) is 9.85. The highest BCUT2D eigenvalue weighted by Crippen LogP contribution is 2.32. The maximum atomic E-state index is 9.81. The van der Waals surface area contributed by atoms with Crippen LogP contribution in [0.25, 0.3) is 45.3 Å². The third-order valence-corrected chi connectivity index (χ3v) is 5.11. The molecule has 0 bridgehead atoms. The molecule has 0 unspecified atom stereocenters. The molecule has 32 heavy (non-hydrogen) atoms. The van der Waals surface area contributed by atoms with Crippen molar-refractivity contribution in [1.82, 2.24) is 25.4 Å². The van der Waals surface area contributed by atoms with E-state index in [9.17, 15) is 10.5 Å². The van der Waals surface area contributed by atoms with Crippen LogP contribution in [0.1, 0.15) is 11.1 Å². The Morgan fingerprint density at radius 3 is 1.41 bits per heavy atom. The summed E-state index contributed by atoms with van der Waals surface area (Å²) in [5, 5.41) is 34.2. The first-order chi connectivity index (χ1) is 15.8. The third kappa shape index (κ3) is 3.20. The lowest BCUT2D eigenvalue weighted by Crippen LogP contribution is -1.92. The Kier molecular flexibility index (Phi) is 4.76.